The molecule has 1 N–H and O–H groups in total. The number of piperazine rings is 1. The molecule has 30 heavy (non-hydrogen) atoms. The summed E-state index contributed by atoms with van der Waals surface area (Å²) in [6.07, 6.45) is 4.74. The lowest BCUT2D eigenvalue weighted by Gasteiger charge is -2.35. The van der Waals surface area contributed by atoms with Gasteiger partial charge >= 0.3 is 12.2 Å². The Balaban J connectivity index is 2.36. The van der Waals surface area contributed by atoms with Gasteiger partial charge in [-0.3, -0.25) is 4.79 Å². The number of amides is 3. The van der Waals surface area contributed by atoms with Crippen molar-refractivity contribution in [3.8, 4) is 0 Å². The molecule has 3 amide bonds. The van der Waals surface area contributed by atoms with Crippen molar-refractivity contribution >= 4 is 18.1 Å². The van der Waals surface area contributed by atoms with E-state index in [1.165, 1.54) is 0 Å². The molecule has 0 radical (unpaired) electrons. The molecule has 0 aromatic carbocycles. The fraction of sp³-hybridized carbons (Fsp3) is 0.773. The Kier molecular flexibility index (Phi) is 10.2. The van der Waals surface area contributed by atoms with E-state index in [-0.39, 0.29) is 24.0 Å². The molecule has 1 aliphatic heterocycles. The van der Waals surface area contributed by atoms with Crippen LogP contribution in [0.1, 0.15) is 60.3 Å². The van der Waals surface area contributed by atoms with E-state index in [2.05, 4.69) is 25.7 Å². The lowest BCUT2D eigenvalue weighted by molar-refractivity contribution is -0.131. The summed E-state index contributed by atoms with van der Waals surface area (Å²) in [7, 11) is 0. The number of carbonyl (C=O) groups is 3. The molecule has 0 aromatic heterocycles. The second kappa shape index (κ2) is 11.8. The standard InChI is InChI=1S/C22H39N3O5/c1-7-10-22(8-2,9-3)11-16-29-20(28)25-14-12-24(13-15-25)18(26)17-23-19(27)30-21(4,5)6/h7H,1,8-17H2,2-6H3,(H,23,27). The van der Waals surface area contributed by atoms with Gasteiger partial charge in [0.25, 0.3) is 0 Å². The number of nitrogens with zero attached hydrogens (tertiary/aromatic N) is 2. The number of nitrogens with one attached hydrogen (secondary N) is 1. The van der Waals surface area contributed by atoms with Gasteiger partial charge in [-0.25, -0.2) is 9.59 Å². The smallest absolute Gasteiger partial charge is 0.409 e. The third-order valence-corrected chi connectivity index (χ3v) is 5.61. The number of rotatable bonds is 9. The molecule has 8 nitrogen and oxygen atoms in total. The van der Waals surface area contributed by atoms with Crippen LogP contribution >= 0.6 is 0 Å². The maximum absolute atomic E-state index is 12.3. The van der Waals surface area contributed by atoms with E-state index in [9.17, 15) is 14.4 Å². The third-order valence-electron chi connectivity index (χ3n) is 5.61. The van der Waals surface area contributed by atoms with Gasteiger partial charge in [0.2, 0.25) is 5.91 Å². The zero-order chi connectivity index (χ0) is 22.8. The number of carbonyl (C=O) groups excluding carboxylic acids is 3. The van der Waals surface area contributed by atoms with Crippen LogP contribution in [0.15, 0.2) is 12.7 Å². The molecular weight excluding hydrogens is 386 g/mol. The van der Waals surface area contributed by atoms with Crippen LogP contribution in [0.2, 0.25) is 0 Å². The van der Waals surface area contributed by atoms with Crippen molar-refractivity contribution in [2.75, 3.05) is 39.3 Å². The summed E-state index contributed by atoms with van der Waals surface area (Å²) in [5.41, 5.74) is -0.479. The fourth-order valence-electron chi connectivity index (χ4n) is 3.46. The Labute approximate surface area is 180 Å². The Hall–Kier alpha value is -2.25. The minimum atomic E-state index is -0.621. The lowest BCUT2D eigenvalue weighted by atomic mass is 9.77. The minimum Gasteiger partial charge on any atom is -0.449 e. The minimum absolute atomic E-state index is 0.126. The van der Waals surface area contributed by atoms with Gasteiger partial charge in [0.15, 0.2) is 0 Å². The Morgan fingerprint density at radius 2 is 1.60 bits per heavy atom. The second-order valence-electron chi connectivity index (χ2n) is 8.79. The van der Waals surface area contributed by atoms with E-state index in [1.54, 1.807) is 30.6 Å². The van der Waals surface area contributed by atoms with E-state index < -0.39 is 11.7 Å². The van der Waals surface area contributed by atoms with Gasteiger partial charge in [-0.15, -0.1) is 6.58 Å². The van der Waals surface area contributed by atoms with Gasteiger partial charge in [-0.05, 0) is 39.0 Å². The van der Waals surface area contributed by atoms with E-state index in [4.69, 9.17) is 9.47 Å². The van der Waals surface area contributed by atoms with Crippen LogP contribution in [0.25, 0.3) is 0 Å². The molecule has 1 aliphatic rings. The van der Waals surface area contributed by atoms with Crippen molar-refractivity contribution in [2.24, 2.45) is 5.41 Å². The molecule has 1 heterocycles. The van der Waals surface area contributed by atoms with Gasteiger partial charge in [-0.2, -0.15) is 0 Å². The Morgan fingerprint density at radius 1 is 1.03 bits per heavy atom. The van der Waals surface area contributed by atoms with Crippen molar-refractivity contribution in [2.45, 2.75) is 65.9 Å². The fourth-order valence-corrected chi connectivity index (χ4v) is 3.46. The maximum Gasteiger partial charge on any atom is 0.409 e. The van der Waals surface area contributed by atoms with Crippen molar-refractivity contribution in [3.63, 3.8) is 0 Å². The highest BCUT2D eigenvalue weighted by Gasteiger charge is 2.28. The zero-order valence-corrected chi connectivity index (χ0v) is 19.3. The summed E-state index contributed by atoms with van der Waals surface area (Å²) in [5, 5.41) is 2.47. The lowest BCUT2D eigenvalue weighted by Crippen LogP contribution is -2.53. The first kappa shape index (κ1) is 25.8. The molecule has 0 aliphatic carbocycles. The molecule has 0 bridgehead atoms. The zero-order valence-electron chi connectivity index (χ0n) is 19.3. The van der Waals surface area contributed by atoms with E-state index in [1.807, 2.05) is 6.08 Å². The van der Waals surface area contributed by atoms with Gasteiger partial charge in [-0.1, -0.05) is 32.8 Å². The number of allylic oxidation sites excluding steroid dienone is 1. The second-order valence-corrected chi connectivity index (χ2v) is 8.79. The summed E-state index contributed by atoms with van der Waals surface area (Å²) in [4.78, 5) is 39.5. The van der Waals surface area contributed by atoms with Crippen molar-refractivity contribution < 1.29 is 23.9 Å². The molecule has 1 fully saturated rings. The highest BCUT2D eigenvalue weighted by molar-refractivity contribution is 5.82. The molecule has 1 saturated heterocycles. The van der Waals surface area contributed by atoms with Gasteiger partial charge in [0, 0.05) is 26.2 Å². The molecule has 0 spiro atoms. The van der Waals surface area contributed by atoms with Crippen molar-refractivity contribution in [3.05, 3.63) is 12.7 Å². The summed E-state index contributed by atoms with van der Waals surface area (Å²) in [5.74, 6) is -0.200. The van der Waals surface area contributed by atoms with E-state index >= 15 is 0 Å². The summed E-state index contributed by atoms with van der Waals surface area (Å²) >= 11 is 0. The average Bonchev–Trinajstić information content (AvgIpc) is 2.70. The topological polar surface area (TPSA) is 88.2 Å². The van der Waals surface area contributed by atoms with Crippen LogP contribution in [-0.4, -0.2) is 72.8 Å². The highest BCUT2D eigenvalue weighted by Crippen LogP contribution is 2.34. The Morgan fingerprint density at radius 3 is 2.10 bits per heavy atom. The normalized spacial score (nSPS) is 14.8. The summed E-state index contributed by atoms with van der Waals surface area (Å²) in [6, 6.07) is 0. The molecule has 0 saturated carbocycles. The number of hydrogen-bond acceptors (Lipinski definition) is 5. The van der Waals surface area contributed by atoms with Crippen LogP contribution in [0.3, 0.4) is 0 Å². The summed E-state index contributed by atoms with van der Waals surface area (Å²) in [6.45, 7) is 15.3. The number of hydrogen-bond donors (Lipinski definition) is 1. The Bertz CT molecular complexity index is 588. The molecular formula is C22H39N3O5. The first-order valence-electron chi connectivity index (χ1n) is 10.8. The molecule has 0 unspecified atom stereocenters. The van der Waals surface area contributed by atoms with Crippen LogP contribution in [-0.2, 0) is 14.3 Å². The van der Waals surface area contributed by atoms with Crippen LogP contribution in [0.5, 0.6) is 0 Å². The van der Waals surface area contributed by atoms with E-state index in [0.29, 0.717) is 32.8 Å². The quantitative estimate of drug-likeness (QED) is 0.571. The van der Waals surface area contributed by atoms with Gasteiger partial charge < -0.3 is 24.6 Å². The monoisotopic (exact) mass is 425 g/mol. The predicted molar refractivity (Wildman–Crippen MR) is 116 cm³/mol. The molecule has 172 valence electrons. The SMILES string of the molecule is C=CCC(CC)(CC)CCOC(=O)N1CCN(C(=O)CNC(=O)OC(C)(C)C)CC1. The molecule has 0 aromatic rings. The van der Waals surface area contributed by atoms with Gasteiger partial charge in [0.05, 0.1) is 6.61 Å². The number of ether oxygens (including phenoxy) is 2. The van der Waals surface area contributed by atoms with E-state index in [0.717, 1.165) is 25.7 Å². The van der Waals surface area contributed by atoms with Crippen LogP contribution in [0, 0.1) is 5.41 Å². The van der Waals surface area contributed by atoms with Crippen LogP contribution < -0.4 is 5.32 Å². The van der Waals surface area contributed by atoms with Crippen LogP contribution in [0.4, 0.5) is 9.59 Å². The molecule has 0 atom stereocenters. The van der Waals surface area contributed by atoms with Crippen molar-refractivity contribution in [1.29, 1.82) is 0 Å². The highest BCUT2D eigenvalue weighted by atomic mass is 16.6. The molecule has 1 rings (SSSR count). The van der Waals surface area contributed by atoms with Gasteiger partial charge in [0.1, 0.15) is 12.1 Å². The summed E-state index contributed by atoms with van der Waals surface area (Å²) < 4.78 is 10.6. The average molecular weight is 426 g/mol. The third kappa shape index (κ3) is 8.63. The number of alkyl carbamates (subject to hydrolysis) is 1. The maximum atomic E-state index is 12.3. The largest absolute Gasteiger partial charge is 0.449 e. The predicted octanol–water partition coefficient (Wildman–Crippen LogP) is 3.56. The first-order chi connectivity index (χ1) is 14.1. The van der Waals surface area contributed by atoms with Crippen molar-refractivity contribution in [1.82, 2.24) is 15.1 Å². The molecule has 8 heteroatoms. The first-order valence-corrected chi connectivity index (χ1v) is 10.8.